The van der Waals surface area contributed by atoms with E-state index in [2.05, 4.69) is 10.2 Å². The average Bonchev–Trinajstić information content (AvgIpc) is 3.04. The zero-order valence-corrected chi connectivity index (χ0v) is 14.4. The van der Waals surface area contributed by atoms with Gasteiger partial charge in [-0.05, 0) is 36.4 Å². The quantitative estimate of drug-likeness (QED) is 0.469. The second kappa shape index (κ2) is 6.30. The Balaban J connectivity index is 1.86. The van der Waals surface area contributed by atoms with Gasteiger partial charge < -0.3 is 15.3 Å². The molecular weight excluding hydrogens is 370 g/mol. The number of fused-ring (bicyclic) bond motifs is 1. The lowest BCUT2D eigenvalue weighted by molar-refractivity contribution is 0.103. The summed E-state index contributed by atoms with van der Waals surface area (Å²) in [4.78, 5) is 13.9. The van der Waals surface area contributed by atoms with Crippen LogP contribution in [0.1, 0.15) is 15.9 Å². The molecular formula is C19H12ClN3O4. The summed E-state index contributed by atoms with van der Waals surface area (Å²) in [7, 11) is 0. The molecule has 4 rings (SSSR count). The number of hydrogen-bond donors (Lipinski definition) is 3. The van der Waals surface area contributed by atoms with E-state index >= 15 is 0 Å². The van der Waals surface area contributed by atoms with Crippen molar-refractivity contribution < 1.29 is 20.1 Å². The van der Waals surface area contributed by atoms with Crippen LogP contribution >= 0.6 is 11.6 Å². The van der Waals surface area contributed by atoms with Crippen molar-refractivity contribution >= 4 is 28.4 Å². The number of carbonyl (C=O) groups excluding carboxylic acids is 1. The maximum absolute atomic E-state index is 12.7. The summed E-state index contributed by atoms with van der Waals surface area (Å²) in [6, 6.07) is 13.2. The molecule has 0 spiro atoms. The zero-order chi connectivity index (χ0) is 19.1. The molecule has 0 unspecified atom stereocenters. The number of hydrogen-bond acceptors (Lipinski definition) is 6. The fourth-order valence-electron chi connectivity index (χ4n) is 2.71. The first kappa shape index (κ1) is 16.9. The van der Waals surface area contributed by atoms with Crippen LogP contribution in [-0.2, 0) is 0 Å². The lowest BCUT2D eigenvalue weighted by Crippen LogP contribution is -2.06. The number of aromatic nitrogens is 3. The van der Waals surface area contributed by atoms with Crippen molar-refractivity contribution in [1.82, 2.24) is 15.0 Å². The van der Waals surface area contributed by atoms with Crippen LogP contribution in [0.3, 0.4) is 0 Å². The molecule has 8 heteroatoms. The Bertz CT molecular complexity index is 1200. The fourth-order valence-corrected chi connectivity index (χ4v) is 2.88. The normalized spacial score (nSPS) is 11.0. The number of ketones is 1. The summed E-state index contributed by atoms with van der Waals surface area (Å²) in [6.07, 6.45) is 0. The molecule has 4 aromatic rings. The smallest absolute Gasteiger partial charge is 0.200 e. The molecule has 1 aromatic heterocycles. The molecule has 0 aliphatic carbocycles. The van der Waals surface area contributed by atoms with Crippen LogP contribution in [-0.4, -0.2) is 36.1 Å². The molecule has 1 heterocycles. The van der Waals surface area contributed by atoms with Gasteiger partial charge in [0, 0.05) is 11.1 Å². The van der Waals surface area contributed by atoms with E-state index in [0.717, 1.165) is 10.9 Å². The van der Waals surface area contributed by atoms with E-state index in [9.17, 15) is 20.1 Å². The van der Waals surface area contributed by atoms with Crippen LogP contribution in [0.2, 0.25) is 5.02 Å². The van der Waals surface area contributed by atoms with Gasteiger partial charge in [0.2, 0.25) is 5.78 Å². The van der Waals surface area contributed by atoms with Crippen LogP contribution in [0.25, 0.3) is 16.7 Å². The minimum atomic E-state index is -0.605. The molecule has 3 N–H and O–H groups in total. The number of rotatable bonds is 3. The number of nitrogens with zero attached hydrogens (tertiary/aromatic N) is 3. The third-order valence-corrected chi connectivity index (χ3v) is 4.28. The molecule has 0 aliphatic heterocycles. The molecule has 3 aromatic carbocycles. The SMILES string of the molecule is O=C(c1ccccc1O)c1cc(-n2nc3ccc(Cl)cc3n2)c(O)cc1O. The summed E-state index contributed by atoms with van der Waals surface area (Å²) in [6.45, 7) is 0. The average molecular weight is 382 g/mol. The van der Waals surface area contributed by atoms with Crippen molar-refractivity contribution in [2.75, 3.05) is 0 Å². The summed E-state index contributed by atoms with van der Waals surface area (Å²) in [5, 5.41) is 39.2. The van der Waals surface area contributed by atoms with Gasteiger partial charge in [-0.25, -0.2) is 0 Å². The number of phenols is 3. The molecule has 7 nitrogen and oxygen atoms in total. The molecule has 0 fully saturated rings. The largest absolute Gasteiger partial charge is 0.507 e. The first-order chi connectivity index (χ1) is 12.9. The molecule has 27 heavy (non-hydrogen) atoms. The molecule has 0 saturated carbocycles. The molecule has 0 radical (unpaired) electrons. The van der Waals surface area contributed by atoms with Crippen molar-refractivity contribution in [3.05, 3.63) is 70.7 Å². The highest BCUT2D eigenvalue weighted by Crippen LogP contribution is 2.33. The van der Waals surface area contributed by atoms with E-state index in [-0.39, 0.29) is 28.3 Å². The van der Waals surface area contributed by atoms with Crippen LogP contribution in [0.5, 0.6) is 17.2 Å². The number of aromatic hydroxyl groups is 3. The Kier molecular flexibility index (Phi) is 3.93. The second-order valence-corrected chi connectivity index (χ2v) is 6.26. The minimum absolute atomic E-state index is 0.0230. The Morgan fingerprint density at radius 1 is 0.815 bits per heavy atom. The zero-order valence-electron chi connectivity index (χ0n) is 13.7. The van der Waals surface area contributed by atoms with E-state index in [1.807, 2.05) is 0 Å². The molecule has 134 valence electrons. The number of phenolic OH excluding ortho intramolecular Hbond substituents is 3. The van der Waals surface area contributed by atoms with Gasteiger partial charge in [0.15, 0.2) is 0 Å². The Morgan fingerprint density at radius 3 is 2.33 bits per heavy atom. The maximum atomic E-state index is 12.7. The molecule has 0 atom stereocenters. The predicted molar refractivity (Wildman–Crippen MR) is 98.7 cm³/mol. The predicted octanol–water partition coefficient (Wildman–Crippen LogP) is 3.42. The van der Waals surface area contributed by atoms with Crippen molar-refractivity contribution in [3.63, 3.8) is 0 Å². The summed E-state index contributed by atoms with van der Waals surface area (Å²) >= 11 is 5.95. The van der Waals surface area contributed by atoms with Crippen molar-refractivity contribution in [3.8, 4) is 22.9 Å². The minimum Gasteiger partial charge on any atom is -0.507 e. The van der Waals surface area contributed by atoms with Crippen LogP contribution in [0.4, 0.5) is 0 Å². The molecule has 0 bridgehead atoms. The lowest BCUT2D eigenvalue weighted by Gasteiger charge is -2.09. The van der Waals surface area contributed by atoms with Gasteiger partial charge in [-0.3, -0.25) is 4.79 Å². The van der Waals surface area contributed by atoms with E-state index in [0.29, 0.717) is 16.1 Å². The summed E-state index contributed by atoms with van der Waals surface area (Å²) < 4.78 is 0. The summed E-state index contributed by atoms with van der Waals surface area (Å²) in [5.41, 5.74) is 1.06. The lowest BCUT2D eigenvalue weighted by atomic mass is 10.0. The van der Waals surface area contributed by atoms with Gasteiger partial charge in [-0.2, -0.15) is 0 Å². The summed E-state index contributed by atoms with van der Waals surface area (Å²) in [5.74, 6) is -1.56. The Morgan fingerprint density at radius 2 is 1.56 bits per heavy atom. The van der Waals surface area contributed by atoms with Gasteiger partial charge in [-0.1, -0.05) is 23.7 Å². The van der Waals surface area contributed by atoms with Gasteiger partial charge in [-0.15, -0.1) is 15.0 Å². The molecule has 0 amide bonds. The molecule has 0 aliphatic rings. The van der Waals surface area contributed by atoms with Gasteiger partial charge in [0.1, 0.15) is 34.0 Å². The molecule has 0 saturated heterocycles. The van der Waals surface area contributed by atoms with E-state index in [4.69, 9.17) is 11.6 Å². The van der Waals surface area contributed by atoms with E-state index in [1.54, 1.807) is 30.3 Å². The van der Waals surface area contributed by atoms with Crippen LogP contribution in [0, 0.1) is 0 Å². The van der Waals surface area contributed by atoms with Crippen molar-refractivity contribution in [2.24, 2.45) is 0 Å². The van der Waals surface area contributed by atoms with E-state index < -0.39 is 11.5 Å². The van der Waals surface area contributed by atoms with E-state index in [1.165, 1.54) is 18.2 Å². The Hall–Kier alpha value is -3.58. The van der Waals surface area contributed by atoms with Crippen LogP contribution < -0.4 is 0 Å². The number of carbonyl (C=O) groups is 1. The Labute approximate surface area is 157 Å². The standard InChI is InChI=1S/C19H12ClN3O4/c20-10-5-6-13-14(7-10)22-23(21-13)15-8-12(17(25)9-18(15)26)19(27)11-3-1-2-4-16(11)24/h1-9,24-26H. The third kappa shape index (κ3) is 2.94. The monoisotopic (exact) mass is 381 g/mol. The van der Waals surface area contributed by atoms with Gasteiger partial charge in [0.05, 0.1) is 11.1 Å². The van der Waals surface area contributed by atoms with Gasteiger partial charge in [0.25, 0.3) is 0 Å². The number of halogens is 1. The third-order valence-electron chi connectivity index (χ3n) is 4.04. The first-order valence-electron chi connectivity index (χ1n) is 7.85. The number of benzene rings is 3. The first-order valence-corrected chi connectivity index (χ1v) is 8.23. The highest BCUT2D eigenvalue weighted by Gasteiger charge is 2.21. The van der Waals surface area contributed by atoms with Crippen molar-refractivity contribution in [1.29, 1.82) is 0 Å². The fraction of sp³-hybridized carbons (Fsp3) is 0. The topological polar surface area (TPSA) is 108 Å². The van der Waals surface area contributed by atoms with Crippen molar-refractivity contribution in [2.45, 2.75) is 0 Å². The number of para-hydroxylation sites is 1. The van der Waals surface area contributed by atoms with Gasteiger partial charge >= 0.3 is 0 Å². The van der Waals surface area contributed by atoms with Crippen LogP contribution in [0.15, 0.2) is 54.6 Å². The highest BCUT2D eigenvalue weighted by molar-refractivity contribution is 6.31. The maximum Gasteiger partial charge on any atom is 0.200 e. The highest BCUT2D eigenvalue weighted by atomic mass is 35.5. The second-order valence-electron chi connectivity index (χ2n) is 5.83.